The molecule has 0 amide bonds. The Morgan fingerprint density at radius 2 is 1.45 bits per heavy atom. The van der Waals surface area contributed by atoms with Crippen LogP contribution < -0.4 is 10.2 Å². The van der Waals surface area contributed by atoms with Crippen LogP contribution in [0.3, 0.4) is 0 Å². The van der Waals surface area contributed by atoms with Crippen LogP contribution >= 0.6 is 0 Å². The molecule has 1 nitrogen and oxygen atoms in total. The summed E-state index contributed by atoms with van der Waals surface area (Å²) in [6.45, 7) is -5.90. The third-order valence-corrected chi connectivity index (χ3v) is 2.98. The highest BCUT2D eigenvalue weighted by Crippen LogP contribution is 2.32. The molecule has 22 heavy (non-hydrogen) atoms. The van der Waals surface area contributed by atoms with Crippen LogP contribution in [0.15, 0.2) is 48.5 Å². The van der Waals surface area contributed by atoms with Crippen molar-refractivity contribution < 1.29 is 30.9 Å². The number of halogens is 6. The van der Waals surface area contributed by atoms with Gasteiger partial charge in [-0.05, 0) is 12.1 Å². The lowest BCUT2D eigenvalue weighted by Gasteiger charge is -2.20. The maximum Gasteiger partial charge on any atom is 0.513 e. The van der Waals surface area contributed by atoms with Gasteiger partial charge in [-0.2, -0.15) is 13.2 Å². The molecule has 2 aromatic carbocycles. The second kappa shape index (κ2) is 5.94. The average molecular weight is 319 g/mol. The number of alkyl halides is 3. The van der Waals surface area contributed by atoms with E-state index in [0.29, 0.717) is 0 Å². The van der Waals surface area contributed by atoms with Gasteiger partial charge in [0.25, 0.3) is 0 Å². The van der Waals surface area contributed by atoms with Crippen LogP contribution in [0.25, 0.3) is 0 Å². The van der Waals surface area contributed by atoms with Crippen LogP contribution in [0.5, 0.6) is 5.75 Å². The smallest absolute Gasteiger partial charge is 0.492 e. The molecule has 0 N–H and O–H groups in total. The summed E-state index contributed by atoms with van der Waals surface area (Å²) in [6, 6.07) is 9.05. The van der Waals surface area contributed by atoms with Gasteiger partial charge in [-0.15, -0.1) is 0 Å². The first-order valence-electron chi connectivity index (χ1n) is 6.26. The summed E-state index contributed by atoms with van der Waals surface area (Å²) < 4.78 is 81.9. The van der Waals surface area contributed by atoms with Crippen LogP contribution in [0, 0.1) is 0 Å². The predicted molar refractivity (Wildman–Crippen MR) is 70.9 cm³/mol. The molecule has 2 aromatic rings. The standard InChI is InChI=1S/C14H10BF6O/c16-14(17,18)11-6-2-1-5-10(11)9-22-13-8-4-3-7-12(13)15(19,20)21/h1-8H,9H2/q-1. The van der Waals surface area contributed by atoms with E-state index in [1.807, 2.05) is 0 Å². The first-order valence-corrected chi connectivity index (χ1v) is 6.26. The molecule has 0 atom stereocenters. The van der Waals surface area contributed by atoms with E-state index in [1.54, 1.807) is 0 Å². The summed E-state index contributed by atoms with van der Waals surface area (Å²) in [4.78, 5) is 0. The lowest BCUT2D eigenvalue weighted by Crippen LogP contribution is -2.35. The van der Waals surface area contributed by atoms with Gasteiger partial charge in [0, 0.05) is 5.56 Å². The number of ether oxygens (including phenoxy) is 1. The molecule has 0 aliphatic carbocycles. The molecule has 0 aliphatic heterocycles. The van der Waals surface area contributed by atoms with Crippen molar-refractivity contribution in [2.45, 2.75) is 12.8 Å². The second-order valence-electron chi connectivity index (χ2n) is 4.56. The third-order valence-electron chi connectivity index (χ3n) is 2.98. The van der Waals surface area contributed by atoms with E-state index in [-0.39, 0.29) is 5.56 Å². The highest BCUT2D eigenvalue weighted by atomic mass is 19.4. The summed E-state index contributed by atoms with van der Waals surface area (Å²) in [6.07, 6.45) is -4.59. The summed E-state index contributed by atoms with van der Waals surface area (Å²) >= 11 is 0. The predicted octanol–water partition coefficient (Wildman–Crippen LogP) is 4.34. The molecule has 0 saturated heterocycles. The zero-order chi connectivity index (χ0) is 16.4. The Morgan fingerprint density at radius 3 is 2.09 bits per heavy atom. The van der Waals surface area contributed by atoms with Gasteiger partial charge in [0.2, 0.25) is 0 Å². The Kier molecular flexibility index (Phi) is 4.39. The normalized spacial score (nSPS) is 12.3. The number of hydrogen-bond donors (Lipinski definition) is 0. The van der Waals surface area contributed by atoms with Crippen molar-refractivity contribution in [3.63, 3.8) is 0 Å². The topological polar surface area (TPSA) is 9.23 Å². The van der Waals surface area contributed by atoms with E-state index in [0.717, 1.165) is 18.2 Å². The second-order valence-corrected chi connectivity index (χ2v) is 4.56. The average Bonchev–Trinajstić information content (AvgIpc) is 2.44. The van der Waals surface area contributed by atoms with Crippen LogP contribution in [0.1, 0.15) is 11.1 Å². The molecule has 0 saturated carbocycles. The monoisotopic (exact) mass is 319 g/mol. The first kappa shape index (κ1) is 16.3. The van der Waals surface area contributed by atoms with Gasteiger partial charge in [0.05, 0.1) is 11.3 Å². The SMILES string of the molecule is F[B-](F)(F)c1ccccc1OCc1ccccc1C(F)(F)F. The fourth-order valence-electron chi connectivity index (χ4n) is 1.96. The van der Waals surface area contributed by atoms with Gasteiger partial charge < -0.3 is 17.7 Å². The Hall–Kier alpha value is -2.12. The molecule has 8 heteroatoms. The van der Waals surface area contributed by atoms with Gasteiger partial charge in [0.1, 0.15) is 6.61 Å². The molecule has 0 unspecified atom stereocenters. The van der Waals surface area contributed by atoms with Crippen LogP contribution in [-0.4, -0.2) is 6.98 Å². The summed E-state index contributed by atoms with van der Waals surface area (Å²) in [5, 5.41) is 0. The van der Waals surface area contributed by atoms with Crippen molar-refractivity contribution in [3.8, 4) is 5.75 Å². The molecule has 0 radical (unpaired) electrons. The van der Waals surface area contributed by atoms with E-state index >= 15 is 0 Å². The van der Waals surface area contributed by atoms with E-state index in [1.165, 1.54) is 30.3 Å². The van der Waals surface area contributed by atoms with Crippen molar-refractivity contribution in [2.75, 3.05) is 0 Å². The molecule has 0 bridgehead atoms. The Bertz CT molecular complexity index is 593. The Labute approximate surface area is 122 Å². The summed E-state index contributed by atoms with van der Waals surface area (Å²) in [5.41, 5.74) is -2.11. The Balaban J connectivity index is 2.26. The molecular weight excluding hydrogens is 309 g/mol. The fraction of sp³-hybridized carbons (Fsp3) is 0.143. The maximum atomic E-state index is 12.8. The third kappa shape index (κ3) is 3.75. The van der Waals surface area contributed by atoms with Crippen molar-refractivity contribution >= 4 is 12.4 Å². The highest BCUT2D eigenvalue weighted by Gasteiger charge is 2.33. The lowest BCUT2D eigenvalue weighted by molar-refractivity contribution is -0.138. The molecular formula is C14H10BF6O-. The fourth-order valence-corrected chi connectivity index (χ4v) is 1.96. The molecule has 0 aromatic heterocycles. The quantitative estimate of drug-likeness (QED) is 0.602. The number of hydrogen-bond acceptors (Lipinski definition) is 1. The van der Waals surface area contributed by atoms with Gasteiger partial charge in [-0.1, -0.05) is 41.9 Å². The van der Waals surface area contributed by atoms with Crippen LogP contribution in [0.2, 0.25) is 0 Å². The first-order chi connectivity index (χ1) is 10.2. The minimum absolute atomic E-state index is 0.223. The van der Waals surface area contributed by atoms with Crippen molar-refractivity contribution in [3.05, 3.63) is 59.7 Å². The number of rotatable bonds is 4. The van der Waals surface area contributed by atoms with Gasteiger partial charge in [-0.3, -0.25) is 0 Å². The maximum absolute atomic E-state index is 12.8. The molecule has 0 fully saturated rings. The number of para-hydroxylation sites is 1. The minimum atomic E-state index is -5.30. The van der Waals surface area contributed by atoms with Gasteiger partial charge in [0.15, 0.2) is 0 Å². The van der Waals surface area contributed by atoms with Gasteiger partial charge >= 0.3 is 13.2 Å². The molecule has 0 aliphatic rings. The van der Waals surface area contributed by atoms with Crippen LogP contribution in [-0.2, 0) is 12.8 Å². The summed E-state index contributed by atoms with van der Waals surface area (Å²) in [5.74, 6) is -0.480. The largest absolute Gasteiger partial charge is 0.513 e. The minimum Gasteiger partial charge on any atom is -0.492 e. The van der Waals surface area contributed by atoms with E-state index in [4.69, 9.17) is 4.74 Å². The van der Waals surface area contributed by atoms with Crippen LogP contribution in [0.4, 0.5) is 26.1 Å². The molecule has 0 spiro atoms. The van der Waals surface area contributed by atoms with E-state index in [9.17, 15) is 26.1 Å². The molecule has 0 heterocycles. The van der Waals surface area contributed by atoms with E-state index < -0.39 is 36.5 Å². The van der Waals surface area contributed by atoms with Gasteiger partial charge in [-0.25, -0.2) is 0 Å². The lowest BCUT2D eigenvalue weighted by atomic mass is 9.79. The number of benzene rings is 2. The summed E-state index contributed by atoms with van der Waals surface area (Å²) in [7, 11) is 0. The zero-order valence-corrected chi connectivity index (χ0v) is 11.1. The Morgan fingerprint density at radius 1 is 0.864 bits per heavy atom. The zero-order valence-electron chi connectivity index (χ0n) is 11.1. The highest BCUT2D eigenvalue weighted by molar-refractivity contribution is 6.74. The van der Waals surface area contributed by atoms with E-state index in [2.05, 4.69) is 0 Å². The molecule has 2 rings (SSSR count). The molecule has 118 valence electrons. The van der Waals surface area contributed by atoms with Crippen molar-refractivity contribution in [2.24, 2.45) is 0 Å². The van der Waals surface area contributed by atoms with Crippen molar-refractivity contribution in [1.82, 2.24) is 0 Å². The van der Waals surface area contributed by atoms with Crippen molar-refractivity contribution in [1.29, 1.82) is 0 Å².